The fourth-order valence-electron chi connectivity index (χ4n) is 0.694. The zero-order chi connectivity index (χ0) is 8.48. The van der Waals surface area contributed by atoms with Crippen molar-refractivity contribution in [3.8, 4) is 0 Å². The molecule has 0 saturated heterocycles. The van der Waals surface area contributed by atoms with Gasteiger partial charge in [-0.25, -0.2) is 0 Å². The van der Waals surface area contributed by atoms with Crippen LogP contribution in [0.4, 0.5) is 13.2 Å². The van der Waals surface area contributed by atoms with Crippen LogP contribution in [0.2, 0.25) is 0 Å². The molecule has 0 saturated carbocycles. The zero-order valence-corrected chi connectivity index (χ0v) is 10.3. The maximum atomic E-state index is 11.9. The number of benzene rings is 1. The van der Waals surface area contributed by atoms with Gasteiger partial charge in [-0.05, 0) is 0 Å². The molecule has 0 radical (unpaired) electrons. The van der Waals surface area contributed by atoms with Gasteiger partial charge in [0.2, 0.25) is 0 Å². The normalized spacial score (nSPS) is 9.21. The van der Waals surface area contributed by atoms with Crippen LogP contribution < -0.4 is 47.4 Å². The van der Waals surface area contributed by atoms with E-state index in [1.54, 1.807) is 21.7 Å². The molecule has 0 amide bonds. The van der Waals surface area contributed by atoms with E-state index < -0.39 is 11.7 Å². The predicted octanol–water partition coefficient (Wildman–Crippen LogP) is -7.49. The van der Waals surface area contributed by atoms with E-state index in [0.717, 1.165) is 15.8 Å². The van der Waals surface area contributed by atoms with Gasteiger partial charge >= 0.3 is 93.4 Å². The molecule has 70 valence electrons. The second-order valence-electron chi connectivity index (χ2n) is 2.19. The molecule has 7 heteroatoms. The molecular formula is C7H4Cl2F3LiMg. The van der Waals surface area contributed by atoms with Crippen molar-refractivity contribution in [2.45, 2.75) is 6.18 Å². The van der Waals surface area contributed by atoms with Crippen molar-refractivity contribution >= 4 is 25.4 Å². The summed E-state index contributed by atoms with van der Waals surface area (Å²) in [6, 6.07) is 5.09. The third-order valence-corrected chi connectivity index (χ3v) is 1.75. The van der Waals surface area contributed by atoms with E-state index >= 15 is 0 Å². The van der Waals surface area contributed by atoms with E-state index in [2.05, 4.69) is 0 Å². The van der Waals surface area contributed by atoms with E-state index in [1.165, 1.54) is 12.1 Å². The minimum Gasteiger partial charge on any atom is -1.00 e. The molecule has 0 bridgehead atoms. The van der Waals surface area contributed by atoms with E-state index in [9.17, 15) is 13.2 Å². The molecule has 0 spiro atoms. The first-order valence-corrected chi connectivity index (χ1v) is 3.70. The third-order valence-electron chi connectivity index (χ3n) is 1.28. The molecule has 0 heterocycles. The first-order chi connectivity index (χ1) is 5.00. The van der Waals surface area contributed by atoms with Crippen molar-refractivity contribution in [1.29, 1.82) is 0 Å². The van der Waals surface area contributed by atoms with Gasteiger partial charge in [0.25, 0.3) is 0 Å². The van der Waals surface area contributed by atoms with Crippen molar-refractivity contribution in [1.82, 2.24) is 0 Å². The predicted molar refractivity (Wildman–Crippen MR) is 36.8 cm³/mol. The van der Waals surface area contributed by atoms with Crippen LogP contribution in [0, 0.1) is 0 Å². The molecule has 1 aromatic carbocycles. The average molecular weight is 247 g/mol. The summed E-state index contributed by atoms with van der Waals surface area (Å²) in [6.07, 6.45) is -4.21. The van der Waals surface area contributed by atoms with Gasteiger partial charge in [-0.2, -0.15) is 0 Å². The van der Waals surface area contributed by atoms with Crippen molar-refractivity contribution in [3.05, 3.63) is 29.8 Å². The quantitative estimate of drug-likeness (QED) is 0.400. The maximum Gasteiger partial charge on any atom is 1.00 e. The Morgan fingerprint density at radius 3 is 1.57 bits per heavy atom. The number of hydrogen-bond donors (Lipinski definition) is 0. The van der Waals surface area contributed by atoms with Gasteiger partial charge in [-0.3, -0.25) is 0 Å². The second kappa shape index (κ2) is 8.15. The largest absolute Gasteiger partial charge is 1.00 e. The molecule has 0 aliphatic carbocycles. The summed E-state index contributed by atoms with van der Waals surface area (Å²) < 4.78 is 36.6. The summed E-state index contributed by atoms with van der Waals surface area (Å²) in [6.45, 7) is 0. The van der Waals surface area contributed by atoms with Crippen molar-refractivity contribution in [2.75, 3.05) is 0 Å². The van der Waals surface area contributed by atoms with Gasteiger partial charge in [0.05, 0.1) is 0 Å². The Morgan fingerprint density at radius 2 is 1.29 bits per heavy atom. The molecule has 14 heavy (non-hydrogen) atoms. The first-order valence-electron chi connectivity index (χ1n) is 2.99. The minimum absolute atomic E-state index is 0. The van der Waals surface area contributed by atoms with E-state index in [1.807, 2.05) is 0 Å². The van der Waals surface area contributed by atoms with Crippen molar-refractivity contribution < 1.29 is 56.8 Å². The van der Waals surface area contributed by atoms with Gasteiger partial charge in [0.15, 0.2) is 0 Å². The monoisotopic (exact) mass is 246 g/mol. The van der Waals surface area contributed by atoms with Crippen LogP contribution >= 0.6 is 0 Å². The Labute approximate surface area is 117 Å². The molecule has 0 fully saturated rings. The summed E-state index contributed by atoms with van der Waals surface area (Å²) >= 11 is 1.56. The zero-order valence-electron chi connectivity index (χ0n) is 7.41. The summed E-state index contributed by atoms with van der Waals surface area (Å²) in [4.78, 5) is 0. The molecular weight excluding hydrogens is 243 g/mol. The molecule has 0 atom stereocenters. The molecule has 1 aromatic rings. The second-order valence-corrected chi connectivity index (χ2v) is 3.01. The van der Waals surface area contributed by atoms with Crippen molar-refractivity contribution in [3.63, 3.8) is 0 Å². The Balaban J connectivity index is -0.000000403. The van der Waals surface area contributed by atoms with Gasteiger partial charge < -0.3 is 24.8 Å². The average Bonchev–Trinajstić information content (AvgIpc) is 1.86. The van der Waals surface area contributed by atoms with Gasteiger partial charge in [-0.1, -0.05) is 0 Å². The van der Waals surface area contributed by atoms with Crippen LogP contribution in [0.1, 0.15) is 5.56 Å². The topological polar surface area (TPSA) is 0 Å². The number of hydrogen-bond acceptors (Lipinski definition) is 0. The third kappa shape index (κ3) is 6.44. The number of rotatable bonds is 0. The molecule has 0 aromatic heterocycles. The van der Waals surface area contributed by atoms with Crippen LogP contribution in [0.15, 0.2) is 24.3 Å². The van der Waals surface area contributed by atoms with Crippen LogP contribution in [0.5, 0.6) is 0 Å². The molecule has 1 rings (SSSR count). The Bertz CT molecular complexity index is 250. The summed E-state index contributed by atoms with van der Waals surface area (Å²) in [5.74, 6) is 0. The Morgan fingerprint density at radius 1 is 0.929 bits per heavy atom. The SMILES string of the molecule is FC(F)(F)c1cc[c]([Mg+])cc1.[Cl-].[Cl-].[Li+]. The summed E-state index contributed by atoms with van der Waals surface area (Å²) in [7, 11) is 0. The van der Waals surface area contributed by atoms with E-state index in [0.29, 0.717) is 0 Å². The van der Waals surface area contributed by atoms with E-state index in [4.69, 9.17) is 0 Å². The fraction of sp³-hybridized carbons (Fsp3) is 0.143. The van der Waals surface area contributed by atoms with Crippen LogP contribution in [-0.4, -0.2) is 21.7 Å². The van der Waals surface area contributed by atoms with Gasteiger partial charge in [0.1, 0.15) is 0 Å². The number of alkyl halides is 3. The first kappa shape index (κ1) is 20.4. The Hall–Kier alpha value is 0.954. The van der Waals surface area contributed by atoms with Crippen molar-refractivity contribution in [2.24, 2.45) is 0 Å². The van der Waals surface area contributed by atoms with E-state index in [-0.39, 0.29) is 43.7 Å². The molecule has 0 N–H and O–H groups in total. The minimum atomic E-state index is -4.21. The molecule has 0 unspecified atom stereocenters. The van der Waals surface area contributed by atoms with Crippen LogP contribution in [0.25, 0.3) is 0 Å². The fourth-order valence-corrected chi connectivity index (χ4v) is 0.929. The van der Waals surface area contributed by atoms with Crippen LogP contribution in [0.3, 0.4) is 0 Å². The molecule has 0 aliphatic rings. The Kier molecular flexibility index (Phi) is 11.9. The maximum absolute atomic E-state index is 11.9. The molecule has 0 nitrogen and oxygen atoms in total. The standard InChI is InChI=1S/C7H4F3.2ClH.Li.Mg/c8-7(9,10)6-4-2-1-3-5-6;;;;/h2-5H;2*1H;;/q;;;2*+1/p-2. The van der Waals surface area contributed by atoms with Crippen LogP contribution in [-0.2, 0) is 6.18 Å². The number of halogens is 5. The summed E-state index contributed by atoms with van der Waals surface area (Å²) in [5.41, 5.74) is -0.590. The van der Waals surface area contributed by atoms with Gasteiger partial charge in [-0.15, -0.1) is 0 Å². The van der Waals surface area contributed by atoms with Gasteiger partial charge in [0, 0.05) is 0 Å². The smallest absolute Gasteiger partial charge is 1.00 e. The summed E-state index contributed by atoms with van der Waals surface area (Å²) in [5, 5.41) is 0. The molecule has 0 aliphatic heterocycles.